The fourth-order valence-corrected chi connectivity index (χ4v) is 2.61. The van der Waals surface area contributed by atoms with Crippen molar-refractivity contribution in [2.24, 2.45) is 10.7 Å². The molecule has 2 nitrogen and oxygen atoms in total. The minimum Gasteiger partial charge on any atom is -0.326 e. The average Bonchev–Trinajstić information content (AvgIpc) is 2.38. The molecule has 0 spiro atoms. The zero-order chi connectivity index (χ0) is 14.9. The fraction of sp³-hybridized carbons (Fsp3) is 0.231. The zero-order valence-electron chi connectivity index (χ0n) is 10.1. The molecule has 106 valence electrons. The van der Waals surface area contributed by atoms with Crippen LogP contribution in [0.3, 0.4) is 0 Å². The lowest BCUT2D eigenvalue weighted by Gasteiger charge is -2.22. The van der Waals surface area contributed by atoms with Crippen LogP contribution >= 0.6 is 23.8 Å². The Morgan fingerprint density at radius 3 is 2.60 bits per heavy atom. The van der Waals surface area contributed by atoms with Gasteiger partial charge in [0.2, 0.25) is 0 Å². The molecule has 1 atom stereocenters. The standard InChI is InChI=1S/C13H10ClF3N2S/c14-9-4-3-8(13(15,16)17)7(6-18)11(9)12-10(20)2-1-5-19-12/h1-5,12H,6,18H2. The third kappa shape index (κ3) is 2.77. The summed E-state index contributed by atoms with van der Waals surface area (Å²) in [6.07, 6.45) is 0.230. The first kappa shape index (κ1) is 15.2. The highest BCUT2D eigenvalue weighted by Gasteiger charge is 2.36. The second-order valence-corrected chi connectivity index (χ2v) is 5.03. The Bertz CT molecular complexity index is 608. The third-order valence-electron chi connectivity index (χ3n) is 2.94. The number of thiocarbonyl (C=S) groups is 1. The van der Waals surface area contributed by atoms with Gasteiger partial charge in [-0.1, -0.05) is 23.8 Å². The molecule has 1 unspecified atom stereocenters. The first-order chi connectivity index (χ1) is 9.36. The lowest BCUT2D eigenvalue weighted by molar-refractivity contribution is -0.138. The van der Waals surface area contributed by atoms with E-state index in [-0.39, 0.29) is 22.7 Å². The normalized spacial score (nSPS) is 18.6. The van der Waals surface area contributed by atoms with Crippen molar-refractivity contribution in [2.75, 3.05) is 0 Å². The molecule has 1 aliphatic rings. The Balaban J connectivity index is 2.66. The van der Waals surface area contributed by atoms with Crippen molar-refractivity contribution in [3.63, 3.8) is 0 Å². The van der Waals surface area contributed by atoms with E-state index in [1.54, 1.807) is 12.2 Å². The summed E-state index contributed by atoms with van der Waals surface area (Å²) >= 11 is 11.2. The van der Waals surface area contributed by atoms with Crippen LogP contribution in [0.5, 0.6) is 0 Å². The number of hydrogen-bond acceptors (Lipinski definition) is 3. The largest absolute Gasteiger partial charge is 0.416 e. The number of nitrogens with two attached hydrogens (primary N) is 1. The lowest BCUT2D eigenvalue weighted by atomic mass is 9.93. The van der Waals surface area contributed by atoms with Gasteiger partial charge in [0.1, 0.15) is 6.04 Å². The van der Waals surface area contributed by atoms with Gasteiger partial charge in [0.25, 0.3) is 0 Å². The molecular formula is C13H10ClF3N2S. The number of rotatable bonds is 2. The predicted molar refractivity (Wildman–Crippen MR) is 77.3 cm³/mol. The van der Waals surface area contributed by atoms with Gasteiger partial charge in [0.15, 0.2) is 0 Å². The minimum atomic E-state index is -4.50. The quantitative estimate of drug-likeness (QED) is 0.841. The van der Waals surface area contributed by atoms with E-state index < -0.39 is 17.8 Å². The van der Waals surface area contributed by atoms with E-state index in [0.717, 1.165) is 6.07 Å². The van der Waals surface area contributed by atoms with Gasteiger partial charge in [-0.3, -0.25) is 4.99 Å². The summed E-state index contributed by atoms with van der Waals surface area (Å²) in [4.78, 5) is 4.52. The van der Waals surface area contributed by atoms with Crippen LogP contribution in [-0.4, -0.2) is 11.1 Å². The molecule has 0 aliphatic carbocycles. The number of halogens is 4. The van der Waals surface area contributed by atoms with Gasteiger partial charge < -0.3 is 5.73 Å². The van der Waals surface area contributed by atoms with E-state index in [9.17, 15) is 13.2 Å². The highest BCUT2D eigenvalue weighted by molar-refractivity contribution is 7.80. The van der Waals surface area contributed by atoms with E-state index in [1.807, 2.05) is 0 Å². The molecule has 0 saturated carbocycles. The maximum Gasteiger partial charge on any atom is 0.416 e. The molecule has 1 aromatic carbocycles. The van der Waals surface area contributed by atoms with Crippen LogP contribution in [0.15, 0.2) is 29.3 Å². The number of aliphatic imine (C=N–C) groups is 1. The molecule has 0 radical (unpaired) electrons. The Kier molecular flexibility index (Phi) is 4.27. The molecule has 2 rings (SSSR count). The molecule has 0 aromatic heterocycles. The fourth-order valence-electron chi connectivity index (χ4n) is 2.07. The molecule has 7 heteroatoms. The van der Waals surface area contributed by atoms with Crippen LogP contribution in [0.25, 0.3) is 0 Å². The Labute approximate surface area is 124 Å². The summed E-state index contributed by atoms with van der Waals surface area (Å²) in [5, 5.41) is 0.179. The van der Waals surface area contributed by atoms with Crippen LogP contribution in [0, 0.1) is 0 Å². The molecule has 0 fully saturated rings. The topological polar surface area (TPSA) is 38.4 Å². The van der Waals surface area contributed by atoms with Crippen molar-refractivity contribution in [1.82, 2.24) is 0 Å². The third-order valence-corrected chi connectivity index (χ3v) is 3.63. The van der Waals surface area contributed by atoms with Crippen LogP contribution in [0.4, 0.5) is 13.2 Å². The zero-order valence-corrected chi connectivity index (χ0v) is 11.7. The summed E-state index contributed by atoms with van der Waals surface area (Å²) in [6, 6.07) is 1.43. The summed E-state index contributed by atoms with van der Waals surface area (Å²) in [7, 11) is 0. The van der Waals surface area contributed by atoms with E-state index in [2.05, 4.69) is 4.99 Å². The first-order valence-electron chi connectivity index (χ1n) is 5.68. The number of allylic oxidation sites excluding steroid dienone is 1. The van der Waals surface area contributed by atoms with Gasteiger partial charge in [-0.25, -0.2) is 0 Å². The summed E-state index contributed by atoms with van der Waals surface area (Å²) in [5.74, 6) is 0. The average molecular weight is 319 g/mol. The second kappa shape index (κ2) is 5.63. The van der Waals surface area contributed by atoms with E-state index >= 15 is 0 Å². The Morgan fingerprint density at radius 2 is 2.05 bits per heavy atom. The molecule has 0 amide bonds. The highest BCUT2D eigenvalue weighted by atomic mass is 35.5. The van der Waals surface area contributed by atoms with Gasteiger partial charge in [-0.2, -0.15) is 13.2 Å². The van der Waals surface area contributed by atoms with Crippen molar-refractivity contribution in [3.8, 4) is 0 Å². The number of alkyl halides is 3. The molecule has 1 aromatic rings. The predicted octanol–water partition coefficient (Wildman–Crippen LogP) is 3.87. The Hall–Kier alpha value is -1.24. The van der Waals surface area contributed by atoms with E-state index in [4.69, 9.17) is 29.6 Å². The monoisotopic (exact) mass is 318 g/mol. The molecule has 0 saturated heterocycles. The molecule has 2 N–H and O–H groups in total. The van der Waals surface area contributed by atoms with Gasteiger partial charge in [-0.05, 0) is 29.8 Å². The number of nitrogens with zero attached hydrogens (tertiary/aromatic N) is 1. The summed E-state index contributed by atoms with van der Waals surface area (Å²) < 4.78 is 39.1. The van der Waals surface area contributed by atoms with Crippen molar-refractivity contribution in [1.29, 1.82) is 0 Å². The lowest BCUT2D eigenvalue weighted by Crippen LogP contribution is -2.19. The summed E-state index contributed by atoms with van der Waals surface area (Å²) in [6.45, 7) is -0.289. The van der Waals surface area contributed by atoms with Gasteiger partial charge in [0, 0.05) is 28.2 Å². The molecule has 1 heterocycles. The van der Waals surface area contributed by atoms with Crippen LogP contribution in [-0.2, 0) is 12.7 Å². The van der Waals surface area contributed by atoms with E-state index in [0.29, 0.717) is 4.86 Å². The Morgan fingerprint density at radius 1 is 1.35 bits per heavy atom. The van der Waals surface area contributed by atoms with Crippen LogP contribution in [0.1, 0.15) is 22.7 Å². The molecular weight excluding hydrogens is 309 g/mol. The summed E-state index contributed by atoms with van der Waals surface area (Å²) in [5.41, 5.74) is 4.86. The highest BCUT2D eigenvalue weighted by Crippen LogP contribution is 2.39. The second-order valence-electron chi connectivity index (χ2n) is 4.15. The van der Waals surface area contributed by atoms with E-state index in [1.165, 1.54) is 12.3 Å². The maximum atomic E-state index is 13.0. The number of dihydropyridines is 1. The minimum absolute atomic E-state index is 0.0650. The van der Waals surface area contributed by atoms with Crippen LogP contribution < -0.4 is 5.73 Å². The van der Waals surface area contributed by atoms with Crippen molar-refractivity contribution < 1.29 is 13.2 Å². The van der Waals surface area contributed by atoms with Crippen molar-refractivity contribution in [3.05, 3.63) is 46.0 Å². The molecule has 1 aliphatic heterocycles. The number of benzene rings is 1. The smallest absolute Gasteiger partial charge is 0.326 e. The maximum absolute atomic E-state index is 13.0. The van der Waals surface area contributed by atoms with Crippen molar-refractivity contribution >= 4 is 34.9 Å². The van der Waals surface area contributed by atoms with Crippen molar-refractivity contribution in [2.45, 2.75) is 18.8 Å². The molecule has 0 bridgehead atoms. The number of hydrogen-bond donors (Lipinski definition) is 1. The van der Waals surface area contributed by atoms with Gasteiger partial charge in [-0.15, -0.1) is 0 Å². The SMILES string of the molecule is NCc1c(C(F)(F)F)ccc(Cl)c1C1N=CC=CC1=S. The van der Waals surface area contributed by atoms with Gasteiger partial charge >= 0.3 is 6.18 Å². The first-order valence-corrected chi connectivity index (χ1v) is 6.47. The van der Waals surface area contributed by atoms with Crippen LogP contribution in [0.2, 0.25) is 5.02 Å². The molecule has 20 heavy (non-hydrogen) atoms. The van der Waals surface area contributed by atoms with Gasteiger partial charge in [0.05, 0.1) is 5.56 Å².